The lowest BCUT2D eigenvalue weighted by molar-refractivity contribution is 0.102. The first-order valence-corrected chi connectivity index (χ1v) is 9.23. The summed E-state index contributed by atoms with van der Waals surface area (Å²) in [6.07, 6.45) is 1.74. The lowest BCUT2D eigenvalue weighted by Crippen LogP contribution is -2.14. The first kappa shape index (κ1) is 18.5. The van der Waals surface area contributed by atoms with Crippen LogP contribution in [-0.4, -0.2) is 35.7 Å². The first-order chi connectivity index (χ1) is 14.0. The highest BCUT2D eigenvalue weighted by atomic mass is 16.1. The zero-order chi connectivity index (χ0) is 20.5. The van der Waals surface area contributed by atoms with Crippen molar-refractivity contribution in [1.29, 1.82) is 0 Å². The van der Waals surface area contributed by atoms with Gasteiger partial charge in [0.25, 0.3) is 5.91 Å². The van der Waals surface area contributed by atoms with Gasteiger partial charge >= 0.3 is 0 Å². The number of aromatic nitrogens is 6. The molecule has 0 aliphatic rings. The number of carbonyl (C=O) groups is 1. The summed E-state index contributed by atoms with van der Waals surface area (Å²) in [6, 6.07) is 13.3. The van der Waals surface area contributed by atoms with Crippen molar-refractivity contribution < 1.29 is 4.79 Å². The van der Waals surface area contributed by atoms with Crippen molar-refractivity contribution in [2.45, 2.75) is 27.7 Å². The lowest BCUT2D eigenvalue weighted by atomic mass is 10.1. The van der Waals surface area contributed by atoms with Crippen LogP contribution >= 0.6 is 0 Å². The minimum absolute atomic E-state index is 0.177. The number of rotatable bonds is 4. The smallest absolute Gasteiger partial charge is 0.257 e. The first-order valence-electron chi connectivity index (χ1n) is 9.23. The summed E-state index contributed by atoms with van der Waals surface area (Å²) < 4.78 is 3.62. The minimum atomic E-state index is -0.177. The summed E-state index contributed by atoms with van der Waals surface area (Å²) in [7, 11) is 0. The average molecular weight is 387 g/mol. The van der Waals surface area contributed by atoms with Crippen molar-refractivity contribution in [3.8, 4) is 11.5 Å². The Morgan fingerprint density at radius 1 is 1.03 bits per heavy atom. The van der Waals surface area contributed by atoms with Crippen molar-refractivity contribution in [2.75, 3.05) is 5.32 Å². The Balaban J connectivity index is 1.65. The number of amides is 1. The molecule has 0 saturated heterocycles. The van der Waals surface area contributed by atoms with Gasteiger partial charge in [0, 0.05) is 23.3 Å². The molecule has 0 spiro atoms. The van der Waals surface area contributed by atoms with E-state index in [0.29, 0.717) is 17.1 Å². The number of nitrogens with zero attached hydrogens (tertiary/aromatic N) is 6. The number of nitrogens with one attached hydrogen (secondary N) is 1. The quantitative estimate of drug-likeness (QED) is 0.580. The summed E-state index contributed by atoms with van der Waals surface area (Å²) in [5.41, 5.74) is 4.89. The number of anilines is 1. The fourth-order valence-electron chi connectivity index (χ4n) is 3.40. The molecule has 4 rings (SSSR count). The summed E-state index contributed by atoms with van der Waals surface area (Å²) in [4.78, 5) is 17.4. The molecule has 4 aromatic rings. The van der Waals surface area contributed by atoms with Gasteiger partial charge in [-0.3, -0.25) is 4.79 Å². The molecule has 0 aliphatic carbocycles. The summed E-state index contributed by atoms with van der Waals surface area (Å²) in [5.74, 6) is 1.28. The summed E-state index contributed by atoms with van der Waals surface area (Å²) >= 11 is 0. The fourth-order valence-corrected chi connectivity index (χ4v) is 3.40. The zero-order valence-electron chi connectivity index (χ0n) is 16.7. The van der Waals surface area contributed by atoms with E-state index < -0.39 is 0 Å². The molecule has 3 heterocycles. The number of tetrazole rings is 1. The van der Waals surface area contributed by atoms with Crippen LogP contribution in [0.5, 0.6) is 0 Å². The Morgan fingerprint density at radius 2 is 1.86 bits per heavy atom. The molecule has 8 nitrogen and oxygen atoms in total. The molecule has 0 saturated carbocycles. The Hall–Kier alpha value is -3.81. The van der Waals surface area contributed by atoms with Gasteiger partial charge in [-0.2, -0.15) is 4.68 Å². The van der Waals surface area contributed by atoms with E-state index in [4.69, 9.17) is 0 Å². The molecule has 0 aliphatic heterocycles. The predicted molar refractivity (Wildman–Crippen MR) is 110 cm³/mol. The topological polar surface area (TPSA) is 90.5 Å². The SMILES string of the molecule is Cc1ccc(NC(=O)c2cc(C)n(-c3ccccn3)c2C)cc1-n1nnnc1C. The average Bonchev–Trinajstić information content (AvgIpc) is 3.26. The second-order valence-electron chi connectivity index (χ2n) is 6.90. The van der Waals surface area contributed by atoms with Gasteiger partial charge in [0.1, 0.15) is 5.82 Å². The van der Waals surface area contributed by atoms with Crippen LogP contribution in [0.4, 0.5) is 5.69 Å². The third-order valence-corrected chi connectivity index (χ3v) is 4.87. The highest BCUT2D eigenvalue weighted by Crippen LogP contribution is 2.23. The van der Waals surface area contributed by atoms with Crippen LogP contribution in [0.1, 0.15) is 33.1 Å². The van der Waals surface area contributed by atoms with Crippen LogP contribution in [0.15, 0.2) is 48.7 Å². The highest BCUT2D eigenvalue weighted by Gasteiger charge is 2.18. The largest absolute Gasteiger partial charge is 0.322 e. The van der Waals surface area contributed by atoms with Crippen molar-refractivity contribution in [2.24, 2.45) is 0 Å². The van der Waals surface area contributed by atoms with E-state index in [9.17, 15) is 4.79 Å². The van der Waals surface area contributed by atoms with Gasteiger partial charge in [0.2, 0.25) is 0 Å². The molecule has 1 aromatic carbocycles. The van der Waals surface area contributed by atoms with Crippen molar-refractivity contribution >= 4 is 11.6 Å². The van der Waals surface area contributed by atoms with Gasteiger partial charge in [-0.1, -0.05) is 12.1 Å². The number of pyridine rings is 1. The molecular formula is C21H21N7O. The van der Waals surface area contributed by atoms with Crippen LogP contribution in [0, 0.1) is 27.7 Å². The van der Waals surface area contributed by atoms with Gasteiger partial charge < -0.3 is 9.88 Å². The molecule has 1 N–H and O–H groups in total. The number of hydrogen-bond acceptors (Lipinski definition) is 5. The highest BCUT2D eigenvalue weighted by molar-refractivity contribution is 6.05. The Kier molecular flexibility index (Phi) is 4.67. The molecule has 146 valence electrons. The molecule has 0 atom stereocenters. The second kappa shape index (κ2) is 7.31. The maximum absolute atomic E-state index is 13.0. The molecule has 0 bridgehead atoms. The number of hydrogen-bond donors (Lipinski definition) is 1. The molecule has 8 heteroatoms. The van der Waals surface area contributed by atoms with E-state index in [1.165, 1.54) is 0 Å². The monoisotopic (exact) mass is 387 g/mol. The summed E-state index contributed by atoms with van der Waals surface area (Å²) in [6.45, 7) is 7.68. The van der Waals surface area contributed by atoms with Crippen LogP contribution in [-0.2, 0) is 0 Å². The standard InChI is InChI=1S/C21H21N7O/c1-13-8-9-17(12-19(13)28-16(4)24-25-26-28)23-21(29)18-11-14(2)27(15(18)3)20-7-5-6-10-22-20/h5-12H,1-4H3,(H,23,29). The van der Waals surface area contributed by atoms with Gasteiger partial charge in [-0.25, -0.2) is 4.98 Å². The predicted octanol–water partition coefficient (Wildman–Crippen LogP) is 3.33. The molecule has 1 amide bonds. The molecule has 29 heavy (non-hydrogen) atoms. The van der Waals surface area contributed by atoms with E-state index in [-0.39, 0.29) is 5.91 Å². The molecule has 0 fully saturated rings. The molecular weight excluding hydrogens is 366 g/mol. The fraction of sp³-hybridized carbons (Fsp3) is 0.190. The lowest BCUT2D eigenvalue weighted by Gasteiger charge is -2.11. The number of benzene rings is 1. The van der Waals surface area contributed by atoms with Gasteiger partial charge in [0.15, 0.2) is 5.82 Å². The van der Waals surface area contributed by atoms with Crippen LogP contribution in [0.2, 0.25) is 0 Å². The maximum atomic E-state index is 13.0. The third kappa shape index (κ3) is 3.40. The minimum Gasteiger partial charge on any atom is -0.322 e. The zero-order valence-corrected chi connectivity index (χ0v) is 16.7. The number of aryl methyl sites for hydroxylation is 3. The Morgan fingerprint density at radius 3 is 2.55 bits per heavy atom. The van der Waals surface area contributed by atoms with E-state index >= 15 is 0 Å². The second-order valence-corrected chi connectivity index (χ2v) is 6.90. The Labute approximate surface area is 168 Å². The van der Waals surface area contributed by atoms with Crippen LogP contribution in [0.3, 0.4) is 0 Å². The van der Waals surface area contributed by atoms with Crippen LogP contribution < -0.4 is 5.32 Å². The molecule has 0 unspecified atom stereocenters. The van der Waals surface area contributed by atoms with Gasteiger partial charge in [-0.15, -0.1) is 5.10 Å². The Bertz CT molecular complexity index is 1190. The van der Waals surface area contributed by atoms with Crippen molar-refractivity contribution in [3.63, 3.8) is 0 Å². The van der Waals surface area contributed by atoms with Crippen molar-refractivity contribution in [1.82, 2.24) is 29.8 Å². The molecule has 3 aromatic heterocycles. The van der Waals surface area contributed by atoms with E-state index in [2.05, 4.69) is 25.8 Å². The van der Waals surface area contributed by atoms with E-state index in [1.54, 1.807) is 10.9 Å². The van der Waals surface area contributed by atoms with Crippen LogP contribution in [0.25, 0.3) is 11.5 Å². The van der Waals surface area contributed by atoms with Gasteiger partial charge in [0.05, 0.1) is 11.3 Å². The third-order valence-electron chi connectivity index (χ3n) is 4.87. The maximum Gasteiger partial charge on any atom is 0.257 e. The normalized spacial score (nSPS) is 10.9. The molecule has 0 radical (unpaired) electrons. The summed E-state index contributed by atoms with van der Waals surface area (Å²) in [5, 5.41) is 14.6. The van der Waals surface area contributed by atoms with E-state index in [1.807, 2.05) is 74.7 Å². The van der Waals surface area contributed by atoms with Crippen molar-refractivity contribution in [3.05, 3.63) is 77.0 Å². The number of carbonyl (C=O) groups excluding carboxylic acids is 1. The van der Waals surface area contributed by atoms with E-state index in [0.717, 1.165) is 28.5 Å². The van der Waals surface area contributed by atoms with Gasteiger partial charge in [-0.05, 0) is 74.0 Å².